The monoisotopic (exact) mass is 236 g/mol. The lowest BCUT2D eigenvalue weighted by Crippen LogP contribution is -2.25. The molecular weight excluding hydrogens is 224 g/mol. The summed E-state index contributed by atoms with van der Waals surface area (Å²) in [5.41, 5.74) is 1.54. The van der Waals surface area contributed by atoms with Gasteiger partial charge in [-0.2, -0.15) is 0 Å². The van der Waals surface area contributed by atoms with E-state index in [2.05, 4.69) is 4.98 Å². The summed E-state index contributed by atoms with van der Waals surface area (Å²) in [4.78, 5) is 21.0. The number of aromatic nitrogens is 1. The predicted octanol–water partition coefficient (Wildman–Crippen LogP) is 2.24. The lowest BCUT2D eigenvalue weighted by molar-refractivity contribution is -0.0756. The van der Waals surface area contributed by atoms with E-state index >= 15 is 0 Å². The molecule has 1 amide bonds. The highest BCUT2D eigenvalue weighted by Crippen LogP contribution is 2.23. The summed E-state index contributed by atoms with van der Waals surface area (Å²) in [6.45, 7) is 1.95. The molecule has 0 bridgehead atoms. The lowest BCUT2D eigenvalue weighted by atomic mass is 10.2. The van der Waals surface area contributed by atoms with Crippen molar-refractivity contribution >= 4 is 27.5 Å². The van der Waals surface area contributed by atoms with Crippen molar-refractivity contribution in [2.75, 3.05) is 14.2 Å². The maximum Gasteiger partial charge on any atom is 0.277 e. The van der Waals surface area contributed by atoms with Crippen LogP contribution in [0.4, 0.5) is 0 Å². The fraction of sp³-hybridized carbons (Fsp3) is 0.273. The van der Waals surface area contributed by atoms with Gasteiger partial charge in [0, 0.05) is 12.6 Å². The zero-order valence-corrected chi connectivity index (χ0v) is 10.2. The highest BCUT2D eigenvalue weighted by Gasteiger charge is 2.12. The van der Waals surface area contributed by atoms with Crippen molar-refractivity contribution < 1.29 is 9.63 Å². The summed E-state index contributed by atoms with van der Waals surface area (Å²) in [5.74, 6) is -0.157. The molecule has 0 fully saturated rings. The average Bonchev–Trinajstić information content (AvgIpc) is 2.65. The minimum Gasteiger partial charge on any atom is -0.274 e. The summed E-state index contributed by atoms with van der Waals surface area (Å²) in [6.07, 6.45) is 0. The quantitative estimate of drug-likeness (QED) is 0.751. The van der Waals surface area contributed by atoms with Crippen molar-refractivity contribution in [1.29, 1.82) is 0 Å². The third-order valence-electron chi connectivity index (χ3n) is 2.30. The molecule has 0 saturated carbocycles. The molecular formula is C11H12N2O2S. The number of rotatable bonds is 2. The van der Waals surface area contributed by atoms with Crippen LogP contribution in [-0.2, 0) is 4.84 Å². The van der Waals surface area contributed by atoms with Crippen LogP contribution >= 0.6 is 11.3 Å². The number of carbonyl (C=O) groups excluding carboxylic acids is 1. The zero-order valence-electron chi connectivity index (χ0n) is 9.35. The Morgan fingerprint density at radius 3 is 2.94 bits per heavy atom. The molecule has 0 aliphatic carbocycles. The second-order valence-electron chi connectivity index (χ2n) is 3.40. The fourth-order valence-electron chi connectivity index (χ4n) is 1.44. The second-order valence-corrected chi connectivity index (χ2v) is 4.64. The Bertz CT molecular complexity index is 536. The number of aryl methyl sites for hydroxylation is 1. The van der Waals surface area contributed by atoms with E-state index in [0.717, 1.165) is 15.2 Å². The van der Waals surface area contributed by atoms with Gasteiger partial charge in [0.1, 0.15) is 0 Å². The van der Waals surface area contributed by atoms with E-state index in [1.165, 1.54) is 12.2 Å². The van der Waals surface area contributed by atoms with Crippen molar-refractivity contribution in [2.45, 2.75) is 6.92 Å². The van der Waals surface area contributed by atoms with E-state index in [1.807, 2.05) is 19.1 Å². The largest absolute Gasteiger partial charge is 0.277 e. The molecule has 0 spiro atoms. The van der Waals surface area contributed by atoms with Crippen LogP contribution in [0.15, 0.2) is 18.2 Å². The molecule has 16 heavy (non-hydrogen) atoms. The molecule has 1 aromatic heterocycles. The summed E-state index contributed by atoms with van der Waals surface area (Å²) in [7, 11) is 3.05. The van der Waals surface area contributed by atoms with Crippen LogP contribution in [-0.4, -0.2) is 30.1 Å². The van der Waals surface area contributed by atoms with Gasteiger partial charge in [-0.25, -0.2) is 10.0 Å². The minimum atomic E-state index is -0.157. The number of hydrogen-bond donors (Lipinski definition) is 0. The minimum absolute atomic E-state index is 0.157. The van der Waals surface area contributed by atoms with Crippen LogP contribution in [0.5, 0.6) is 0 Å². The molecule has 0 radical (unpaired) electrons. The van der Waals surface area contributed by atoms with Gasteiger partial charge >= 0.3 is 0 Å². The number of benzene rings is 1. The van der Waals surface area contributed by atoms with Gasteiger partial charge in [-0.15, -0.1) is 11.3 Å². The third-order valence-corrected chi connectivity index (χ3v) is 3.24. The van der Waals surface area contributed by atoms with Crippen LogP contribution in [0.25, 0.3) is 10.2 Å². The first-order valence-corrected chi connectivity index (χ1v) is 5.63. The molecule has 0 unspecified atom stereocenters. The molecule has 0 saturated heterocycles. The van der Waals surface area contributed by atoms with Crippen molar-refractivity contribution in [3.8, 4) is 0 Å². The molecule has 2 rings (SSSR count). The Labute approximate surface area is 97.4 Å². The van der Waals surface area contributed by atoms with Crippen molar-refractivity contribution in [2.24, 2.45) is 0 Å². The number of amides is 1. The molecule has 0 aliphatic rings. The van der Waals surface area contributed by atoms with Crippen LogP contribution in [0.3, 0.4) is 0 Å². The van der Waals surface area contributed by atoms with Gasteiger partial charge in [-0.05, 0) is 25.1 Å². The number of thiazole rings is 1. The van der Waals surface area contributed by atoms with E-state index < -0.39 is 0 Å². The first-order chi connectivity index (χ1) is 7.61. The molecule has 0 aliphatic heterocycles. The van der Waals surface area contributed by atoms with Gasteiger partial charge in [-0.1, -0.05) is 0 Å². The third kappa shape index (κ3) is 1.91. The highest BCUT2D eigenvalue weighted by molar-refractivity contribution is 7.18. The number of nitrogens with zero attached hydrogens (tertiary/aromatic N) is 2. The Kier molecular flexibility index (Phi) is 2.89. The number of hydroxylamine groups is 2. The molecule has 2 aromatic rings. The highest BCUT2D eigenvalue weighted by atomic mass is 32.1. The van der Waals surface area contributed by atoms with Crippen LogP contribution in [0.2, 0.25) is 0 Å². The van der Waals surface area contributed by atoms with Crippen LogP contribution in [0, 0.1) is 6.92 Å². The Morgan fingerprint density at radius 1 is 1.50 bits per heavy atom. The summed E-state index contributed by atoms with van der Waals surface area (Å²) in [6, 6.07) is 5.47. The maximum absolute atomic E-state index is 11.8. The van der Waals surface area contributed by atoms with Gasteiger partial charge in [0.25, 0.3) is 5.91 Å². The number of fused-ring (bicyclic) bond motifs is 1. The van der Waals surface area contributed by atoms with Gasteiger partial charge in [0.15, 0.2) is 0 Å². The Hall–Kier alpha value is -1.46. The van der Waals surface area contributed by atoms with Crippen LogP contribution in [0.1, 0.15) is 15.4 Å². The molecule has 84 valence electrons. The smallest absolute Gasteiger partial charge is 0.274 e. The molecule has 5 heteroatoms. The first-order valence-electron chi connectivity index (χ1n) is 4.81. The molecule has 1 aromatic carbocycles. The average molecular weight is 236 g/mol. The SMILES string of the molecule is CON(C)C(=O)c1ccc2nc(C)sc2c1. The van der Waals surface area contributed by atoms with E-state index in [4.69, 9.17) is 4.84 Å². The summed E-state index contributed by atoms with van der Waals surface area (Å²) < 4.78 is 1.02. The van der Waals surface area contributed by atoms with E-state index in [1.54, 1.807) is 24.5 Å². The lowest BCUT2D eigenvalue weighted by Gasteiger charge is -2.13. The Balaban J connectivity index is 2.42. The first kappa shape index (κ1) is 11.0. The predicted molar refractivity (Wildman–Crippen MR) is 63.5 cm³/mol. The molecule has 4 nitrogen and oxygen atoms in total. The van der Waals surface area contributed by atoms with Crippen molar-refractivity contribution in [1.82, 2.24) is 10.0 Å². The van der Waals surface area contributed by atoms with Crippen LogP contribution < -0.4 is 0 Å². The number of hydrogen-bond acceptors (Lipinski definition) is 4. The molecule has 1 heterocycles. The number of carbonyl (C=O) groups is 1. The van der Waals surface area contributed by atoms with E-state index in [-0.39, 0.29) is 5.91 Å². The van der Waals surface area contributed by atoms with E-state index in [0.29, 0.717) is 5.56 Å². The summed E-state index contributed by atoms with van der Waals surface area (Å²) >= 11 is 1.58. The van der Waals surface area contributed by atoms with Gasteiger partial charge < -0.3 is 0 Å². The fourth-order valence-corrected chi connectivity index (χ4v) is 2.30. The van der Waals surface area contributed by atoms with Crippen molar-refractivity contribution in [3.63, 3.8) is 0 Å². The normalized spacial score (nSPS) is 10.7. The summed E-state index contributed by atoms with van der Waals surface area (Å²) in [5, 5.41) is 2.20. The Morgan fingerprint density at radius 2 is 2.25 bits per heavy atom. The maximum atomic E-state index is 11.8. The van der Waals surface area contributed by atoms with Gasteiger partial charge in [0.05, 0.1) is 22.3 Å². The molecule has 0 N–H and O–H groups in total. The van der Waals surface area contributed by atoms with Gasteiger partial charge in [0.2, 0.25) is 0 Å². The second kappa shape index (κ2) is 4.19. The van der Waals surface area contributed by atoms with E-state index in [9.17, 15) is 4.79 Å². The topological polar surface area (TPSA) is 42.4 Å². The van der Waals surface area contributed by atoms with Crippen molar-refractivity contribution in [3.05, 3.63) is 28.8 Å². The molecule has 0 atom stereocenters. The standard InChI is InChI=1S/C11H12N2O2S/c1-7-12-9-5-4-8(6-10(9)16-7)11(14)13(2)15-3/h4-6H,1-3H3. The zero-order chi connectivity index (χ0) is 11.7. The van der Waals surface area contributed by atoms with Gasteiger partial charge in [-0.3, -0.25) is 9.63 Å².